The molecule has 0 saturated heterocycles. The zero-order chi connectivity index (χ0) is 22.1. The molecule has 0 unspecified atom stereocenters. The summed E-state index contributed by atoms with van der Waals surface area (Å²) in [4.78, 5) is 16.9. The number of carbonyl (C=O) groups excluding carboxylic acids is 1. The van der Waals surface area contributed by atoms with E-state index in [2.05, 4.69) is 43.0 Å². The second-order valence-electron chi connectivity index (χ2n) is 7.65. The topological polar surface area (TPSA) is 62.2 Å². The predicted molar refractivity (Wildman–Crippen MR) is 122 cm³/mol. The minimum Gasteiger partial charge on any atom is -0.448 e. The van der Waals surface area contributed by atoms with Crippen LogP contribution in [-0.2, 0) is 9.47 Å². The molecule has 3 rings (SSSR count). The number of nitrogens with zero attached hydrogens (tertiary/aromatic N) is 2. The number of aliphatic hydroxyl groups excluding tert-OH is 1. The fourth-order valence-corrected chi connectivity index (χ4v) is 4.12. The molecule has 0 spiro atoms. The molecule has 0 saturated carbocycles. The molecule has 0 atom stereocenters. The first kappa shape index (κ1) is 23.3. The normalized spacial score (nSPS) is 12.6. The number of hydrogen-bond donors (Lipinski definition) is 1. The van der Waals surface area contributed by atoms with Gasteiger partial charge < -0.3 is 24.4 Å². The second-order valence-corrected chi connectivity index (χ2v) is 7.65. The lowest BCUT2D eigenvalue weighted by atomic mass is 9.98. The fraction of sp³-hybridized carbons (Fsp3) is 0.480. The summed E-state index contributed by atoms with van der Waals surface area (Å²) >= 11 is 0. The summed E-state index contributed by atoms with van der Waals surface area (Å²) in [6.07, 6.45) is -0.318. The molecule has 0 aliphatic heterocycles. The lowest BCUT2D eigenvalue weighted by Crippen LogP contribution is -2.41. The van der Waals surface area contributed by atoms with Crippen LogP contribution >= 0.6 is 0 Å². The van der Waals surface area contributed by atoms with Crippen molar-refractivity contribution >= 4 is 6.09 Å². The lowest BCUT2D eigenvalue weighted by Gasteiger charge is -2.26. The zero-order valence-electron chi connectivity index (χ0n) is 18.6. The largest absolute Gasteiger partial charge is 0.448 e. The fourth-order valence-electron chi connectivity index (χ4n) is 4.12. The molecule has 6 heteroatoms. The van der Waals surface area contributed by atoms with Crippen molar-refractivity contribution in [2.24, 2.45) is 0 Å². The van der Waals surface area contributed by atoms with Gasteiger partial charge in [0.15, 0.2) is 0 Å². The van der Waals surface area contributed by atoms with Gasteiger partial charge >= 0.3 is 6.09 Å². The Morgan fingerprint density at radius 3 is 2.10 bits per heavy atom. The number of hydrogen-bond acceptors (Lipinski definition) is 5. The van der Waals surface area contributed by atoms with Crippen LogP contribution in [0.1, 0.15) is 30.9 Å². The predicted octanol–water partition coefficient (Wildman–Crippen LogP) is 3.59. The van der Waals surface area contributed by atoms with Crippen LogP contribution in [0.2, 0.25) is 0 Å². The molecule has 1 amide bonds. The Kier molecular flexibility index (Phi) is 8.88. The van der Waals surface area contributed by atoms with E-state index in [-0.39, 0.29) is 25.2 Å². The molecular weight excluding hydrogens is 392 g/mol. The minimum atomic E-state index is -0.318. The van der Waals surface area contributed by atoms with Gasteiger partial charge in [-0.2, -0.15) is 0 Å². The van der Waals surface area contributed by atoms with E-state index in [9.17, 15) is 4.79 Å². The van der Waals surface area contributed by atoms with Crippen LogP contribution in [0.3, 0.4) is 0 Å². The highest BCUT2D eigenvalue weighted by Crippen LogP contribution is 2.44. The Hall–Kier alpha value is -2.41. The summed E-state index contributed by atoms with van der Waals surface area (Å²) in [5, 5.41) is 8.91. The van der Waals surface area contributed by atoms with Crippen molar-refractivity contribution in [1.29, 1.82) is 0 Å². The highest BCUT2D eigenvalue weighted by atomic mass is 16.6. The molecule has 2 aromatic rings. The van der Waals surface area contributed by atoms with Gasteiger partial charge in [0.1, 0.15) is 6.61 Å². The number of likely N-dealkylation sites (N-methyl/N-ethyl adjacent to an activating group) is 1. The van der Waals surface area contributed by atoms with E-state index in [0.29, 0.717) is 26.3 Å². The molecule has 1 N–H and O–H groups in total. The molecule has 0 heterocycles. The van der Waals surface area contributed by atoms with E-state index in [1.165, 1.54) is 22.3 Å². The summed E-state index contributed by atoms with van der Waals surface area (Å²) in [5.41, 5.74) is 4.85. The van der Waals surface area contributed by atoms with Crippen LogP contribution in [-0.4, -0.2) is 80.2 Å². The van der Waals surface area contributed by atoms with E-state index < -0.39 is 0 Å². The molecule has 0 bridgehead atoms. The minimum absolute atomic E-state index is 0.0234. The van der Waals surface area contributed by atoms with Crippen molar-refractivity contribution in [3.8, 4) is 11.1 Å². The average Bonchev–Trinajstić information content (AvgIpc) is 3.13. The number of fused-ring (bicyclic) bond motifs is 3. The van der Waals surface area contributed by atoms with Crippen LogP contribution in [0.25, 0.3) is 11.1 Å². The van der Waals surface area contributed by atoms with Crippen molar-refractivity contribution in [1.82, 2.24) is 9.80 Å². The number of ether oxygens (including phenoxy) is 2. The quantitative estimate of drug-likeness (QED) is 0.526. The Bertz CT molecular complexity index is 792. The first-order valence-corrected chi connectivity index (χ1v) is 11.2. The molecule has 0 radical (unpaired) electrons. The lowest BCUT2D eigenvalue weighted by molar-refractivity contribution is 0.0575. The zero-order valence-corrected chi connectivity index (χ0v) is 18.6. The third kappa shape index (κ3) is 5.85. The standard InChI is InChI=1S/C25H34N2O4/c1-3-26(4-2)13-14-27(15-17-30-18-16-28)25(29)31-19-24-22-11-7-5-9-20(22)21-10-6-8-12-23(21)24/h5-12,24,28H,3-4,13-19H2,1-2H3. The molecule has 168 valence electrons. The van der Waals surface area contributed by atoms with Crippen molar-refractivity contribution in [2.45, 2.75) is 19.8 Å². The summed E-state index contributed by atoms with van der Waals surface area (Å²) < 4.78 is 11.2. The summed E-state index contributed by atoms with van der Waals surface area (Å²) in [6.45, 7) is 8.87. The molecule has 0 fully saturated rings. The van der Waals surface area contributed by atoms with Gasteiger partial charge in [0.2, 0.25) is 0 Å². The first-order chi connectivity index (χ1) is 15.2. The van der Waals surface area contributed by atoms with Gasteiger partial charge in [0, 0.05) is 25.6 Å². The highest BCUT2D eigenvalue weighted by Gasteiger charge is 2.29. The summed E-state index contributed by atoms with van der Waals surface area (Å²) in [6, 6.07) is 16.7. The Morgan fingerprint density at radius 1 is 0.903 bits per heavy atom. The van der Waals surface area contributed by atoms with Crippen LogP contribution in [0.15, 0.2) is 48.5 Å². The van der Waals surface area contributed by atoms with E-state index in [4.69, 9.17) is 14.6 Å². The van der Waals surface area contributed by atoms with Crippen molar-refractivity contribution < 1.29 is 19.4 Å². The van der Waals surface area contributed by atoms with Gasteiger partial charge in [-0.3, -0.25) is 0 Å². The average molecular weight is 427 g/mol. The maximum atomic E-state index is 13.0. The molecule has 2 aromatic carbocycles. The number of rotatable bonds is 12. The van der Waals surface area contributed by atoms with Gasteiger partial charge in [-0.1, -0.05) is 62.4 Å². The first-order valence-electron chi connectivity index (χ1n) is 11.2. The molecule has 31 heavy (non-hydrogen) atoms. The van der Waals surface area contributed by atoms with E-state index in [0.717, 1.165) is 19.6 Å². The summed E-state index contributed by atoms with van der Waals surface area (Å²) in [5.74, 6) is 0.0478. The number of carbonyl (C=O) groups is 1. The van der Waals surface area contributed by atoms with E-state index in [1.807, 2.05) is 24.3 Å². The number of benzene rings is 2. The molecule has 6 nitrogen and oxygen atoms in total. The summed E-state index contributed by atoms with van der Waals surface area (Å²) in [7, 11) is 0. The van der Waals surface area contributed by atoms with Gasteiger partial charge in [0.05, 0.1) is 19.8 Å². The maximum Gasteiger partial charge on any atom is 0.409 e. The Morgan fingerprint density at radius 2 is 1.52 bits per heavy atom. The number of amides is 1. The van der Waals surface area contributed by atoms with Gasteiger partial charge in [-0.25, -0.2) is 4.79 Å². The molecule has 1 aliphatic carbocycles. The van der Waals surface area contributed by atoms with Gasteiger partial charge in [-0.05, 0) is 35.3 Å². The monoisotopic (exact) mass is 426 g/mol. The third-order valence-corrected chi connectivity index (χ3v) is 5.92. The van der Waals surface area contributed by atoms with Crippen molar-refractivity contribution in [3.05, 3.63) is 59.7 Å². The second kappa shape index (κ2) is 11.8. The third-order valence-electron chi connectivity index (χ3n) is 5.92. The van der Waals surface area contributed by atoms with Crippen LogP contribution in [0.5, 0.6) is 0 Å². The van der Waals surface area contributed by atoms with Crippen LogP contribution in [0, 0.1) is 0 Å². The Balaban J connectivity index is 1.65. The van der Waals surface area contributed by atoms with Crippen LogP contribution in [0.4, 0.5) is 4.79 Å². The smallest absolute Gasteiger partial charge is 0.409 e. The number of aliphatic hydroxyl groups is 1. The maximum absolute atomic E-state index is 13.0. The highest BCUT2D eigenvalue weighted by molar-refractivity contribution is 5.79. The van der Waals surface area contributed by atoms with E-state index >= 15 is 0 Å². The molecular formula is C25H34N2O4. The molecule has 1 aliphatic rings. The van der Waals surface area contributed by atoms with Gasteiger partial charge in [-0.15, -0.1) is 0 Å². The van der Waals surface area contributed by atoms with E-state index in [1.54, 1.807) is 4.90 Å². The van der Waals surface area contributed by atoms with Crippen molar-refractivity contribution in [3.63, 3.8) is 0 Å². The molecule has 0 aromatic heterocycles. The van der Waals surface area contributed by atoms with Crippen LogP contribution < -0.4 is 0 Å². The Labute approximate surface area is 185 Å². The van der Waals surface area contributed by atoms with Crippen molar-refractivity contribution in [2.75, 3.05) is 59.2 Å². The van der Waals surface area contributed by atoms with Gasteiger partial charge in [0.25, 0.3) is 0 Å². The SMILES string of the molecule is CCN(CC)CCN(CCOCCO)C(=O)OCC1c2ccccc2-c2ccccc21.